The van der Waals surface area contributed by atoms with E-state index in [2.05, 4.69) is 54.3 Å². The number of unbranched alkanes of at least 4 members (excludes halogenated alkanes) is 1. The first kappa shape index (κ1) is 59.0. The fraction of sp³-hybridized carbons (Fsp3) is 0.559. The molecule has 1 N–H and O–H groups in total. The molecule has 0 fully saturated rings. The van der Waals surface area contributed by atoms with E-state index in [1.165, 1.54) is 12.5 Å². The van der Waals surface area contributed by atoms with Gasteiger partial charge in [-0.15, -0.1) is 0 Å². The molecule has 0 aromatic heterocycles. The zero-order chi connectivity index (χ0) is 28.9. The van der Waals surface area contributed by atoms with E-state index in [-0.39, 0.29) is 48.8 Å². The predicted molar refractivity (Wildman–Crippen MR) is 201 cm³/mol. The molecule has 6 nitrogen and oxygen atoms in total. The molecule has 1 amide bonds. The number of aldehydes is 1. The number of aliphatic imine (C=N–C) groups is 2. The van der Waals surface area contributed by atoms with Gasteiger partial charge in [-0.05, 0) is 63.8 Å². The van der Waals surface area contributed by atoms with E-state index in [1.54, 1.807) is 33.7 Å². The Balaban J connectivity index is -0.0000000555. The highest BCUT2D eigenvalue weighted by Crippen LogP contribution is 2.09. The van der Waals surface area contributed by atoms with E-state index in [4.69, 9.17) is 4.79 Å². The zero-order valence-electron chi connectivity index (χ0n) is 24.0. The predicted octanol–water partition coefficient (Wildman–Crippen LogP) is 10.7. The number of allylic oxidation sites excluding steroid dienone is 8. The van der Waals surface area contributed by atoms with E-state index in [9.17, 15) is 9.59 Å². The lowest BCUT2D eigenvalue weighted by Gasteiger charge is -2.00. The second-order valence-electron chi connectivity index (χ2n) is 7.64. The first-order valence-corrected chi connectivity index (χ1v) is 15.3. The van der Waals surface area contributed by atoms with Gasteiger partial charge in [-0.2, -0.15) is 0 Å². The number of carbonyl (C=O) groups is 3. The number of carbonyl (C=O) groups excluding carboxylic acids is 3. The third-order valence-electron chi connectivity index (χ3n) is 4.19. The number of ketones is 1. The average molecular weight is 630 g/mol. The summed E-state index contributed by atoms with van der Waals surface area (Å²) in [5.74, 6) is 0.179. The van der Waals surface area contributed by atoms with Crippen LogP contribution in [0, 0.1) is 0 Å². The highest BCUT2D eigenvalue weighted by molar-refractivity contribution is 8.76. The number of nitrogens with zero attached hydrogens (tertiary/aromatic N) is 2. The van der Waals surface area contributed by atoms with Gasteiger partial charge in [-0.25, -0.2) is 0 Å². The van der Waals surface area contributed by atoms with Crippen LogP contribution in [0.5, 0.6) is 0 Å². The molecule has 3 rings (SSSR count). The van der Waals surface area contributed by atoms with Crippen LogP contribution in [-0.2, 0) is 14.4 Å². The molecule has 0 spiro atoms. The van der Waals surface area contributed by atoms with Crippen molar-refractivity contribution >= 4 is 52.0 Å². The van der Waals surface area contributed by atoms with Crippen molar-refractivity contribution in [3.8, 4) is 0 Å². The molecule has 2 aliphatic heterocycles. The van der Waals surface area contributed by atoms with E-state index < -0.39 is 0 Å². The summed E-state index contributed by atoms with van der Waals surface area (Å²) in [6.07, 6.45) is 22.8. The van der Waals surface area contributed by atoms with Crippen LogP contribution in [0.25, 0.3) is 0 Å². The Morgan fingerprint density at radius 3 is 1.81 bits per heavy atom. The Morgan fingerprint density at radius 2 is 1.57 bits per heavy atom. The Morgan fingerprint density at radius 1 is 1.02 bits per heavy atom. The van der Waals surface area contributed by atoms with Crippen LogP contribution in [0.4, 0.5) is 0 Å². The van der Waals surface area contributed by atoms with Crippen molar-refractivity contribution in [3.63, 3.8) is 0 Å². The van der Waals surface area contributed by atoms with Crippen LogP contribution >= 0.6 is 21.6 Å². The maximum atomic E-state index is 10.8. The second kappa shape index (κ2) is 45.5. The standard InChI is InChI=1S/C8H8O.C7H15NO.2C5H7N.C2H4O.C2H6S2.5CH4/c1-6-3-4-7(2)8(9)5-6;1-3-5-6-8-7(9)4-2;1-5-2-3-6-4-5;1-5-3-2-4-6-5;1-2-3;1-3-4-2;;;;;/h3-5H,2H2,1H3;3-6H2,1-2H3,(H,8,9);2*3-4H,2H2,1H3;2H,1H3;1-2H3;5*1H4. The van der Waals surface area contributed by atoms with Crippen LogP contribution in [0.1, 0.15) is 111 Å². The van der Waals surface area contributed by atoms with Crippen molar-refractivity contribution < 1.29 is 14.4 Å². The first-order chi connectivity index (χ1) is 17.6. The van der Waals surface area contributed by atoms with Crippen LogP contribution in [0.3, 0.4) is 0 Å². The summed E-state index contributed by atoms with van der Waals surface area (Å²) < 4.78 is 0. The minimum absolute atomic E-state index is 0. The molecule has 0 saturated carbocycles. The van der Waals surface area contributed by atoms with E-state index in [0.29, 0.717) is 12.0 Å². The lowest BCUT2D eigenvalue weighted by molar-refractivity contribution is -0.120. The molecule has 0 aromatic rings. The number of hydrogen-bond acceptors (Lipinski definition) is 7. The molecule has 0 unspecified atom stereocenters. The van der Waals surface area contributed by atoms with Gasteiger partial charge < -0.3 is 10.1 Å². The Kier molecular flexibility index (Phi) is 64.0. The lowest BCUT2D eigenvalue weighted by Crippen LogP contribution is -2.22. The van der Waals surface area contributed by atoms with Crippen LogP contribution in [0.2, 0.25) is 0 Å². The van der Waals surface area contributed by atoms with Crippen molar-refractivity contribution in [1.82, 2.24) is 5.32 Å². The van der Waals surface area contributed by atoms with E-state index in [0.717, 1.165) is 49.8 Å². The molecular weight excluding hydrogens is 563 g/mol. The fourth-order valence-corrected chi connectivity index (χ4v) is 2.09. The summed E-state index contributed by atoms with van der Waals surface area (Å²) in [5, 5.41) is 2.79. The van der Waals surface area contributed by atoms with Crippen molar-refractivity contribution in [2.75, 3.05) is 19.1 Å². The fourth-order valence-electron chi connectivity index (χ4n) is 2.09. The quantitative estimate of drug-likeness (QED) is 0.141. The number of rotatable bonds is 5. The smallest absolute Gasteiger partial charge is 0.219 e. The van der Waals surface area contributed by atoms with E-state index in [1.807, 2.05) is 45.5 Å². The number of nitrogens with one attached hydrogen (secondary N) is 1. The van der Waals surface area contributed by atoms with Gasteiger partial charge in [0.05, 0.1) is 0 Å². The van der Waals surface area contributed by atoms with Gasteiger partial charge in [0, 0.05) is 55.7 Å². The molecule has 0 atom stereocenters. The van der Waals surface area contributed by atoms with Gasteiger partial charge in [0.25, 0.3) is 0 Å². The van der Waals surface area contributed by atoms with Crippen molar-refractivity contribution in [1.29, 1.82) is 0 Å². The van der Waals surface area contributed by atoms with Gasteiger partial charge in [0.1, 0.15) is 6.29 Å². The highest BCUT2D eigenvalue weighted by Gasteiger charge is 2.03. The van der Waals surface area contributed by atoms with Crippen molar-refractivity contribution in [3.05, 3.63) is 59.5 Å². The summed E-state index contributed by atoms with van der Waals surface area (Å²) in [4.78, 5) is 38.0. The molecule has 0 bridgehead atoms. The van der Waals surface area contributed by atoms with Gasteiger partial charge in [0.15, 0.2) is 5.78 Å². The molecule has 8 heteroatoms. The summed E-state index contributed by atoms with van der Waals surface area (Å²) >= 11 is 0. The van der Waals surface area contributed by atoms with E-state index >= 15 is 0 Å². The highest BCUT2D eigenvalue weighted by atomic mass is 33.1. The minimum atomic E-state index is 0. The normalized spacial score (nSPS) is 12.1. The third kappa shape index (κ3) is 47.3. The molecule has 1 aliphatic carbocycles. The number of amides is 1. The average Bonchev–Trinajstić information content (AvgIpc) is 3.57. The third-order valence-corrected chi connectivity index (χ3v) is 5.52. The Bertz CT molecular complexity index is 836. The molecular formula is C34H67N3O3S2. The summed E-state index contributed by atoms with van der Waals surface area (Å²) in [6, 6.07) is 0. The summed E-state index contributed by atoms with van der Waals surface area (Å²) in [5.41, 5.74) is 4.07. The molecule has 3 aliphatic rings. The molecule has 0 aromatic carbocycles. The minimum Gasteiger partial charge on any atom is -0.356 e. The largest absolute Gasteiger partial charge is 0.356 e. The Labute approximate surface area is 270 Å². The lowest BCUT2D eigenvalue weighted by atomic mass is 10.0. The molecule has 0 saturated heterocycles. The van der Waals surface area contributed by atoms with Crippen molar-refractivity contribution in [2.24, 2.45) is 9.98 Å². The van der Waals surface area contributed by atoms with Crippen molar-refractivity contribution in [2.45, 2.75) is 111 Å². The van der Waals surface area contributed by atoms with Crippen LogP contribution < -0.4 is 5.32 Å². The second-order valence-corrected chi connectivity index (χ2v) is 10.3. The summed E-state index contributed by atoms with van der Waals surface area (Å²) in [7, 11) is 3.55. The monoisotopic (exact) mass is 629 g/mol. The SMILES string of the molecule is C.C.C.C.C.C=C1C=CC(C)=CC1=O.CC1=CCC=N1.CC1=CN=CC1.CC=O.CCCCNC(=O)CC.CSSC. The van der Waals surface area contributed by atoms with Gasteiger partial charge in [0.2, 0.25) is 5.91 Å². The maximum absolute atomic E-state index is 10.8. The summed E-state index contributed by atoms with van der Waals surface area (Å²) in [6.45, 7) is 15.8. The molecule has 0 radical (unpaired) electrons. The number of hydrogen-bond donors (Lipinski definition) is 1. The zero-order valence-corrected chi connectivity index (χ0v) is 25.6. The molecule has 2 heterocycles. The molecule has 248 valence electrons. The van der Waals surface area contributed by atoms with Gasteiger partial charge >= 0.3 is 0 Å². The van der Waals surface area contributed by atoms with Crippen LogP contribution in [-0.4, -0.2) is 49.5 Å². The maximum Gasteiger partial charge on any atom is 0.219 e. The topological polar surface area (TPSA) is 88.0 Å². The van der Waals surface area contributed by atoms with Gasteiger partial charge in [-0.3, -0.25) is 19.6 Å². The first-order valence-electron chi connectivity index (χ1n) is 12.3. The molecule has 42 heavy (non-hydrogen) atoms. The van der Waals surface area contributed by atoms with Gasteiger partial charge in [-0.1, -0.05) is 104 Å². The van der Waals surface area contributed by atoms with Crippen LogP contribution in [0.15, 0.2) is 69.5 Å². The Hall–Kier alpha value is -2.45.